The van der Waals surface area contributed by atoms with Crippen LogP contribution in [0.3, 0.4) is 0 Å². The molecule has 1 atom stereocenters. The van der Waals surface area contributed by atoms with Crippen molar-refractivity contribution in [2.75, 3.05) is 45.3 Å². The van der Waals surface area contributed by atoms with Crippen LogP contribution in [0.15, 0.2) is 23.2 Å². The highest BCUT2D eigenvalue weighted by molar-refractivity contribution is 6.32. The second-order valence-electron chi connectivity index (χ2n) is 5.20. The van der Waals surface area contributed by atoms with Gasteiger partial charge in [0.15, 0.2) is 5.96 Å². The van der Waals surface area contributed by atoms with E-state index in [1.807, 2.05) is 6.07 Å². The van der Waals surface area contributed by atoms with Crippen LogP contribution in [0.1, 0.15) is 6.92 Å². The van der Waals surface area contributed by atoms with Crippen LogP contribution < -0.4 is 15.8 Å². The van der Waals surface area contributed by atoms with Crippen molar-refractivity contribution < 1.29 is 9.47 Å². The van der Waals surface area contributed by atoms with Gasteiger partial charge in [0.2, 0.25) is 0 Å². The SMILES string of the molecule is COc1ccc(NC(N)=NCC(C)N2CCOCC2)cc1Cl. The third kappa shape index (κ3) is 4.76. The van der Waals surface area contributed by atoms with Gasteiger partial charge in [-0.1, -0.05) is 11.6 Å². The number of hydrogen-bond donors (Lipinski definition) is 2. The minimum absolute atomic E-state index is 0.337. The number of aliphatic imine (C=N–C) groups is 1. The molecule has 1 aromatic carbocycles. The first-order valence-corrected chi connectivity index (χ1v) is 7.70. The van der Waals surface area contributed by atoms with Crippen LogP contribution in [0.5, 0.6) is 5.75 Å². The monoisotopic (exact) mass is 326 g/mol. The van der Waals surface area contributed by atoms with Gasteiger partial charge < -0.3 is 20.5 Å². The molecule has 1 unspecified atom stereocenters. The molecule has 3 N–H and O–H groups in total. The van der Waals surface area contributed by atoms with Crippen LogP contribution in [0.2, 0.25) is 5.02 Å². The molecule has 122 valence electrons. The number of ether oxygens (including phenoxy) is 2. The first-order chi connectivity index (χ1) is 10.6. The van der Waals surface area contributed by atoms with Gasteiger partial charge in [-0.2, -0.15) is 0 Å². The lowest BCUT2D eigenvalue weighted by atomic mass is 10.2. The molecule has 1 heterocycles. The van der Waals surface area contributed by atoms with Gasteiger partial charge in [-0.3, -0.25) is 9.89 Å². The largest absolute Gasteiger partial charge is 0.495 e. The second kappa shape index (κ2) is 8.22. The lowest BCUT2D eigenvalue weighted by molar-refractivity contribution is 0.0221. The Labute approximate surface area is 136 Å². The van der Waals surface area contributed by atoms with Crippen LogP contribution in [-0.4, -0.2) is 56.9 Å². The molecule has 22 heavy (non-hydrogen) atoms. The second-order valence-corrected chi connectivity index (χ2v) is 5.60. The smallest absolute Gasteiger partial charge is 0.193 e. The number of halogens is 1. The molecule has 0 spiro atoms. The van der Waals surface area contributed by atoms with E-state index in [1.54, 1.807) is 19.2 Å². The number of benzene rings is 1. The molecular formula is C15H23ClN4O2. The van der Waals surface area contributed by atoms with E-state index in [2.05, 4.69) is 22.1 Å². The van der Waals surface area contributed by atoms with Crippen molar-refractivity contribution in [3.8, 4) is 5.75 Å². The zero-order valence-corrected chi connectivity index (χ0v) is 13.8. The van der Waals surface area contributed by atoms with E-state index in [4.69, 9.17) is 26.8 Å². The van der Waals surface area contributed by atoms with Gasteiger partial charge in [0.05, 0.1) is 31.9 Å². The average molecular weight is 327 g/mol. The predicted molar refractivity (Wildman–Crippen MR) is 90.0 cm³/mol. The van der Waals surface area contributed by atoms with Crippen molar-refractivity contribution >= 4 is 23.2 Å². The fraction of sp³-hybridized carbons (Fsp3) is 0.533. The Morgan fingerprint density at radius 2 is 2.23 bits per heavy atom. The zero-order valence-electron chi connectivity index (χ0n) is 13.0. The number of hydrogen-bond acceptors (Lipinski definition) is 4. The van der Waals surface area contributed by atoms with Gasteiger partial charge in [0, 0.05) is 24.8 Å². The van der Waals surface area contributed by atoms with E-state index >= 15 is 0 Å². The number of nitrogens with zero attached hydrogens (tertiary/aromatic N) is 2. The average Bonchev–Trinajstić information content (AvgIpc) is 2.53. The molecule has 1 aliphatic rings. The Bertz CT molecular complexity index is 518. The Kier molecular flexibility index (Phi) is 6.30. The van der Waals surface area contributed by atoms with Crippen molar-refractivity contribution in [1.82, 2.24) is 4.90 Å². The Morgan fingerprint density at radius 1 is 1.50 bits per heavy atom. The molecule has 6 nitrogen and oxygen atoms in total. The fourth-order valence-electron chi connectivity index (χ4n) is 2.30. The molecule has 1 saturated heterocycles. The fourth-order valence-corrected chi connectivity index (χ4v) is 2.55. The van der Waals surface area contributed by atoms with Crippen molar-refractivity contribution in [2.24, 2.45) is 10.7 Å². The highest BCUT2D eigenvalue weighted by atomic mass is 35.5. The van der Waals surface area contributed by atoms with Gasteiger partial charge in [0.1, 0.15) is 5.75 Å². The van der Waals surface area contributed by atoms with Gasteiger partial charge in [-0.25, -0.2) is 0 Å². The first kappa shape index (κ1) is 16.9. The molecule has 0 aromatic heterocycles. The van der Waals surface area contributed by atoms with Crippen molar-refractivity contribution in [3.05, 3.63) is 23.2 Å². The van der Waals surface area contributed by atoms with Crippen LogP contribution in [0, 0.1) is 0 Å². The molecule has 1 fully saturated rings. The number of nitrogens with two attached hydrogens (primary N) is 1. The van der Waals surface area contributed by atoms with E-state index < -0.39 is 0 Å². The molecule has 2 rings (SSSR count). The Morgan fingerprint density at radius 3 is 2.86 bits per heavy atom. The van der Waals surface area contributed by atoms with E-state index in [0.29, 0.717) is 29.3 Å². The van der Waals surface area contributed by atoms with Gasteiger partial charge in [-0.15, -0.1) is 0 Å². The van der Waals surface area contributed by atoms with E-state index in [1.165, 1.54) is 0 Å². The summed E-state index contributed by atoms with van der Waals surface area (Å²) in [4.78, 5) is 6.75. The normalized spacial score (nSPS) is 18.0. The highest BCUT2D eigenvalue weighted by Crippen LogP contribution is 2.26. The molecule has 0 saturated carbocycles. The quantitative estimate of drug-likeness (QED) is 0.637. The van der Waals surface area contributed by atoms with E-state index in [-0.39, 0.29) is 0 Å². The third-order valence-electron chi connectivity index (χ3n) is 3.62. The van der Waals surface area contributed by atoms with Gasteiger partial charge >= 0.3 is 0 Å². The molecule has 0 amide bonds. The maximum Gasteiger partial charge on any atom is 0.193 e. The molecular weight excluding hydrogens is 304 g/mol. The summed E-state index contributed by atoms with van der Waals surface area (Å²) in [5.74, 6) is 1.00. The summed E-state index contributed by atoms with van der Waals surface area (Å²) < 4.78 is 10.5. The minimum atomic E-state index is 0.337. The number of morpholine rings is 1. The van der Waals surface area contributed by atoms with Crippen LogP contribution in [-0.2, 0) is 4.74 Å². The summed E-state index contributed by atoms with van der Waals surface area (Å²) in [5.41, 5.74) is 6.71. The number of anilines is 1. The number of guanidine groups is 1. The number of nitrogens with one attached hydrogen (secondary N) is 1. The van der Waals surface area contributed by atoms with Crippen molar-refractivity contribution in [3.63, 3.8) is 0 Å². The summed E-state index contributed by atoms with van der Waals surface area (Å²) in [7, 11) is 1.58. The molecule has 1 aromatic rings. The summed E-state index contributed by atoms with van der Waals surface area (Å²) in [5, 5.41) is 3.57. The molecule has 0 radical (unpaired) electrons. The summed E-state index contributed by atoms with van der Waals surface area (Å²) in [6.07, 6.45) is 0. The lowest BCUT2D eigenvalue weighted by Gasteiger charge is -2.31. The van der Waals surface area contributed by atoms with Crippen molar-refractivity contribution in [2.45, 2.75) is 13.0 Å². The minimum Gasteiger partial charge on any atom is -0.495 e. The lowest BCUT2D eigenvalue weighted by Crippen LogP contribution is -2.43. The van der Waals surface area contributed by atoms with E-state index in [9.17, 15) is 0 Å². The molecule has 0 aliphatic carbocycles. The Hall–Kier alpha value is -1.50. The van der Waals surface area contributed by atoms with E-state index in [0.717, 1.165) is 32.0 Å². The molecule has 0 bridgehead atoms. The number of methoxy groups -OCH3 is 1. The maximum atomic E-state index is 6.08. The molecule has 7 heteroatoms. The topological polar surface area (TPSA) is 72.1 Å². The first-order valence-electron chi connectivity index (χ1n) is 7.32. The summed E-state index contributed by atoms with van der Waals surface area (Å²) >= 11 is 6.08. The summed E-state index contributed by atoms with van der Waals surface area (Å²) in [6, 6.07) is 5.73. The zero-order chi connectivity index (χ0) is 15.9. The standard InChI is InChI=1S/C15H23ClN4O2/c1-11(20-5-7-22-8-6-20)10-18-15(17)19-12-3-4-14(21-2)13(16)9-12/h3-4,9,11H,5-8,10H2,1-2H3,(H3,17,18,19). The van der Waals surface area contributed by atoms with Crippen LogP contribution in [0.4, 0.5) is 5.69 Å². The Balaban J connectivity index is 1.87. The highest BCUT2D eigenvalue weighted by Gasteiger charge is 2.16. The molecule has 1 aliphatic heterocycles. The predicted octanol–water partition coefficient (Wildman–Crippen LogP) is 1.80. The van der Waals surface area contributed by atoms with Crippen molar-refractivity contribution in [1.29, 1.82) is 0 Å². The van der Waals surface area contributed by atoms with Gasteiger partial charge in [-0.05, 0) is 25.1 Å². The summed E-state index contributed by atoms with van der Waals surface area (Å²) in [6.45, 7) is 6.24. The number of rotatable bonds is 5. The van der Waals surface area contributed by atoms with Crippen LogP contribution in [0.25, 0.3) is 0 Å². The van der Waals surface area contributed by atoms with Gasteiger partial charge in [0.25, 0.3) is 0 Å². The van der Waals surface area contributed by atoms with Crippen LogP contribution >= 0.6 is 11.6 Å². The third-order valence-corrected chi connectivity index (χ3v) is 3.91. The maximum absolute atomic E-state index is 6.08.